The average molecular weight is 293 g/mol. The van der Waals surface area contributed by atoms with Gasteiger partial charge in [0.15, 0.2) is 0 Å². The highest BCUT2D eigenvalue weighted by molar-refractivity contribution is 5.84. The van der Waals surface area contributed by atoms with Gasteiger partial charge in [0.2, 0.25) is 11.9 Å². The summed E-state index contributed by atoms with van der Waals surface area (Å²) in [6, 6.07) is -0.368. The van der Waals surface area contributed by atoms with E-state index in [0.717, 1.165) is 25.1 Å². The molecule has 21 heavy (non-hydrogen) atoms. The minimum atomic E-state index is -0.368. The molecule has 1 atom stereocenters. The first-order valence-electron chi connectivity index (χ1n) is 7.34. The quantitative estimate of drug-likeness (QED) is 0.715. The summed E-state index contributed by atoms with van der Waals surface area (Å²) in [6.45, 7) is 5.43. The zero-order valence-corrected chi connectivity index (χ0v) is 12.6. The normalized spacial score (nSPS) is 18.6. The van der Waals surface area contributed by atoms with Crippen molar-refractivity contribution >= 4 is 11.9 Å². The molecule has 1 aliphatic heterocycles. The first-order valence-corrected chi connectivity index (χ1v) is 7.34. The number of aromatic nitrogens is 2. The summed E-state index contributed by atoms with van der Waals surface area (Å²) in [4.78, 5) is 22.6. The Bertz CT molecular complexity index is 451. The molecule has 2 heterocycles. The van der Waals surface area contributed by atoms with Gasteiger partial charge in [-0.1, -0.05) is 6.92 Å². The van der Waals surface area contributed by atoms with Gasteiger partial charge < -0.3 is 20.3 Å². The number of rotatable bonds is 6. The lowest BCUT2D eigenvalue weighted by molar-refractivity contribution is -0.124. The molecule has 0 spiro atoms. The molecule has 7 nitrogen and oxygen atoms in total. The summed E-state index contributed by atoms with van der Waals surface area (Å²) in [5.41, 5.74) is 1.04. The van der Waals surface area contributed by atoms with E-state index >= 15 is 0 Å². The zero-order valence-electron chi connectivity index (χ0n) is 12.6. The van der Waals surface area contributed by atoms with Crippen LogP contribution in [0.4, 0.5) is 5.95 Å². The van der Waals surface area contributed by atoms with Gasteiger partial charge in [-0.05, 0) is 13.0 Å². The Morgan fingerprint density at radius 2 is 2.24 bits per heavy atom. The van der Waals surface area contributed by atoms with Crippen molar-refractivity contribution in [2.24, 2.45) is 0 Å². The zero-order chi connectivity index (χ0) is 15.1. The maximum atomic E-state index is 11.9. The summed E-state index contributed by atoms with van der Waals surface area (Å²) >= 11 is 0. The number of anilines is 1. The Morgan fingerprint density at radius 3 is 2.90 bits per heavy atom. The van der Waals surface area contributed by atoms with Crippen molar-refractivity contribution in [1.29, 1.82) is 0 Å². The number of carbonyl (C=O) groups excluding carboxylic acids is 1. The van der Waals surface area contributed by atoms with Crippen molar-refractivity contribution in [3.05, 3.63) is 18.0 Å². The molecule has 1 unspecified atom stereocenters. The third-order valence-electron chi connectivity index (χ3n) is 3.38. The van der Waals surface area contributed by atoms with E-state index in [9.17, 15) is 4.79 Å². The van der Waals surface area contributed by atoms with Crippen molar-refractivity contribution in [3.8, 4) is 0 Å². The third-order valence-corrected chi connectivity index (χ3v) is 3.38. The van der Waals surface area contributed by atoms with Crippen LogP contribution in [0.3, 0.4) is 0 Å². The minimum Gasteiger partial charge on any atom is -0.377 e. The van der Waals surface area contributed by atoms with Gasteiger partial charge in [0, 0.05) is 38.1 Å². The van der Waals surface area contributed by atoms with E-state index in [4.69, 9.17) is 4.74 Å². The SMILES string of the molecule is CCCNCc1cnc(N2CCOCC2C(=O)NC)nc1. The number of likely N-dealkylation sites (N-methyl/N-ethyl adjacent to an activating group) is 1. The van der Waals surface area contributed by atoms with Gasteiger partial charge in [-0.15, -0.1) is 0 Å². The molecule has 1 aromatic heterocycles. The van der Waals surface area contributed by atoms with Crippen molar-refractivity contribution in [3.63, 3.8) is 0 Å². The van der Waals surface area contributed by atoms with Gasteiger partial charge in [-0.25, -0.2) is 9.97 Å². The van der Waals surface area contributed by atoms with Crippen LogP contribution in [-0.2, 0) is 16.1 Å². The molecule has 0 bridgehead atoms. The monoisotopic (exact) mass is 293 g/mol. The number of ether oxygens (including phenoxy) is 1. The Hall–Kier alpha value is -1.73. The molecule has 2 N–H and O–H groups in total. The standard InChI is InChI=1S/C14H23N5O2/c1-3-4-16-7-11-8-17-14(18-9-11)19-5-6-21-10-12(19)13(20)15-2/h8-9,12,16H,3-7,10H2,1-2H3,(H,15,20). The van der Waals surface area contributed by atoms with Crippen molar-refractivity contribution in [2.75, 3.05) is 38.3 Å². The van der Waals surface area contributed by atoms with Crippen LogP contribution in [0.15, 0.2) is 12.4 Å². The second-order valence-electron chi connectivity index (χ2n) is 4.97. The number of amides is 1. The molecule has 1 amide bonds. The largest absolute Gasteiger partial charge is 0.377 e. The summed E-state index contributed by atoms with van der Waals surface area (Å²) in [6.07, 6.45) is 4.71. The molecule has 2 rings (SSSR count). The lowest BCUT2D eigenvalue weighted by Gasteiger charge is -2.34. The predicted molar refractivity (Wildman–Crippen MR) is 80.0 cm³/mol. The first-order chi connectivity index (χ1) is 10.3. The molecule has 1 saturated heterocycles. The van der Waals surface area contributed by atoms with E-state index in [2.05, 4.69) is 27.5 Å². The van der Waals surface area contributed by atoms with E-state index in [1.54, 1.807) is 19.4 Å². The van der Waals surface area contributed by atoms with Crippen LogP contribution in [0.5, 0.6) is 0 Å². The number of hydrogen-bond donors (Lipinski definition) is 2. The first kappa shape index (κ1) is 15.7. The van der Waals surface area contributed by atoms with Gasteiger partial charge in [0.05, 0.1) is 13.2 Å². The molecule has 1 aromatic rings. The van der Waals surface area contributed by atoms with Gasteiger partial charge >= 0.3 is 0 Å². The van der Waals surface area contributed by atoms with Gasteiger partial charge in [0.1, 0.15) is 6.04 Å². The fourth-order valence-corrected chi connectivity index (χ4v) is 2.22. The molecule has 0 aromatic carbocycles. The van der Waals surface area contributed by atoms with Gasteiger partial charge in [0.25, 0.3) is 0 Å². The Kier molecular flexibility index (Phi) is 5.89. The molecule has 1 fully saturated rings. The maximum absolute atomic E-state index is 11.9. The topological polar surface area (TPSA) is 79.4 Å². The van der Waals surface area contributed by atoms with Gasteiger partial charge in [-0.2, -0.15) is 0 Å². The number of hydrogen-bond acceptors (Lipinski definition) is 6. The highest BCUT2D eigenvalue weighted by Crippen LogP contribution is 2.15. The number of carbonyl (C=O) groups is 1. The summed E-state index contributed by atoms with van der Waals surface area (Å²) in [5, 5.41) is 5.96. The highest BCUT2D eigenvalue weighted by atomic mass is 16.5. The van der Waals surface area contributed by atoms with Crippen LogP contribution in [0.1, 0.15) is 18.9 Å². The van der Waals surface area contributed by atoms with E-state index in [1.807, 2.05) is 4.90 Å². The fourth-order valence-electron chi connectivity index (χ4n) is 2.22. The van der Waals surface area contributed by atoms with Crippen molar-refractivity contribution < 1.29 is 9.53 Å². The number of nitrogens with one attached hydrogen (secondary N) is 2. The molecular formula is C14H23N5O2. The summed E-state index contributed by atoms with van der Waals surface area (Å²) < 4.78 is 5.38. The van der Waals surface area contributed by atoms with Crippen LogP contribution in [0.2, 0.25) is 0 Å². The second-order valence-corrected chi connectivity index (χ2v) is 4.97. The van der Waals surface area contributed by atoms with Gasteiger partial charge in [-0.3, -0.25) is 4.79 Å². The van der Waals surface area contributed by atoms with E-state index in [0.29, 0.717) is 25.7 Å². The van der Waals surface area contributed by atoms with Crippen LogP contribution in [-0.4, -0.2) is 55.3 Å². The third kappa shape index (κ3) is 4.12. The lowest BCUT2D eigenvalue weighted by atomic mass is 10.2. The Morgan fingerprint density at radius 1 is 1.48 bits per heavy atom. The van der Waals surface area contributed by atoms with Crippen molar-refractivity contribution in [1.82, 2.24) is 20.6 Å². The van der Waals surface area contributed by atoms with Crippen LogP contribution in [0, 0.1) is 0 Å². The molecule has 7 heteroatoms. The van der Waals surface area contributed by atoms with Crippen LogP contribution < -0.4 is 15.5 Å². The molecular weight excluding hydrogens is 270 g/mol. The fraction of sp³-hybridized carbons (Fsp3) is 0.643. The molecule has 0 radical (unpaired) electrons. The summed E-state index contributed by atoms with van der Waals surface area (Å²) in [5.74, 6) is 0.498. The number of morpholine rings is 1. The highest BCUT2D eigenvalue weighted by Gasteiger charge is 2.30. The minimum absolute atomic E-state index is 0.0769. The predicted octanol–water partition coefficient (Wildman–Crippen LogP) is -0.0726. The second kappa shape index (κ2) is 7.90. The number of nitrogens with zero attached hydrogens (tertiary/aromatic N) is 3. The van der Waals surface area contributed by atoms with E-state index in [1.165, 1.54) is 0 Å². The lowest BCUT2D eigenvalue weighted by Crippen LogP contribution is -2.54. The molecule has 1 aliphatic rings. The Balaban J connectivity index is 2.03. The summed E-state index contributed by atoms with van der Waals surface area (Å²) in [7, 11) is 1.62. The van der Waals surface area contributed by atoms with Crippen LogP contribution >= 0.6 is 0 Å². The van der Waals surface area contributed by atoms with E-state index < -0.39 is 0 Å². The smallest absolute Gasteiger partial charge is 0.244 e. The maximum Gasteiger partial charge on any atom is 0.244 e. The molecule has 0 aliphatic carbocycles. The average Bonchev–Trinajstić information content (AvgIpc) is 2.55. The van der Waals surface area contributed by atoms with E-state index in [-0.39, 0.29) is 11.9 Å². The van der Waals surface area contributed by atoms with Crippen LogP contribution in [0.25, 0.3) is 0 Å². The molecule has 116 valence electrons. The van der Waals surface area contributed by atoms with Crippen molar-refractivity contribution in [2.45, 2.75) is 25.9 Å². The molecule has 0 saturated carbocycles. The Labute approximate surface area is 125 Å².